The van der Waals surface area contributed by atoms with Crippen molar-refractivity contribution in [1.29, 1.82) is 0 Å². The molecule has 0 spiro atoms. The predicted molar refractivity (Wildman–Crippen MR) is 21.3 cm³/mol. The monoisotopic (exact) mass is 179 g/mol. The second-order valence-corrected chi connectivity index (χ2v) is 0. The molecule has 0 aliphatic rings. The summed E-state index contributed by atoms with van der Waals surface area (Å²) in [5.74, 6) is 0. The smallest absolute Gasteiger partial charge is 0.344 e. The van der Waals surface area contributed by atoms with E-state index < -0.39 is 0 Å². The van der Waals surface area contributed by atoms with E-state index >= 15 is 0 Å². The Balaban J connectivity index is -0.000000000500. The molecule has 0 radical (unpaired) electrons. The van der Waals surface area contributed by atoms with Crippen LogP contribution in [0.1, 0.15) is 0 Å². The van der Waals surface area contributed by atoms with Crippen LogP contribution in [0.5, 0.6) is 0 Å². The third-order valence-electron chi connectivity index (χ3n) is 0. The van der Waals surface area contributed by atoms with Crippen molar-refractivity contribution in [2.75, 3.05) is 0 Å². The zero-order valence-corrected chi connectivity index (χ0v) is 15.2. The van der Waals surface area contributed by atoms with Gasteiger partial charge in [-0.2, -0.15) is 0 Å². The maximum Gasteiger partial charge on any atom is 1.00 e. The quantitative estimate of drug-likeness (QED) is 0.286. The fourth-order valence-corrected chi connectivity index (χ4v) is 0. The predicted octanol–water partition coefficient (Wildman–Crippen LogP) is -7.86. The van der Waals surface area contributed by atoms with Crippen molar-refractivity contribution >= 4 is 0 Å². The van der Waals surface area contributed by atoms with E-state index in [1.165, 1.54) is 0 Å². The zero-order valence-electron chi connectivity index (χ0n) is 5.83. The molecule has 0 aliphatic heterocycles. The summed E-state index contributed by atoms with van der Waals surface area (Å²) in [6.07, 6.45) is 0. The van der Waals surface area contributed by atoms with Gasteiger partial charge in [0.1, 0.15) is 0 Å². The van der Waals surface area contributed by atoms with Crippen LogP contribution in [0.4, 0.5) is 0 Å². The Morgan fingerprint density at radius 2 is 0.571 bits per heavy atom. The fraction of sp³-hybridized carbons (Fsp3) is 0. The van der Waals surface area contributed by atoms with Crippen LogP contribution in [-0.4, -0.2) is 0 Å². The van der Waals surface area contributed by atoms with Crippen LogP contribution in [0, 0.1) is 0 Å². The summed E-state index contributed by atoms with van der Waals surface area (Å²) in [5.41, 5.74) is 0. The molecular formula is C2H10K3N2+3. The molecule has 0 bridgehead atoms. The van der Waals surface area contributed by atoms with Crippen LogP contribution in [-0.2, 0) is 0 Å². The standard InChI is InChI=1S/C2H4.3K.2H3N/c1-2;;;;;/h1-2H2;;;;2*1H3/q;3*+1;;. The van der Waals surface area contributed by atoms with Crippen molar-refractivity contribution in [3.63, 3.8) is 0 Å². The minimum absolute atomic E-state index is 0. The molecular weight excluding hydrogens is 169 g/mol. The molecule has 0 saturated carbocycles. The molecule has 0 saturated heterocycles. The molecule has 0 aliphatic carbocycles. The average Bonchev–Trinajstić information content (AvgIpc) is 1.00. The molecule has 0 aromatic heterocycles. The van der Waals surface area contributed by atoms with Crippen LogP contribution in [0.2, 0.25) is 0 Å². The second kappa shape index (κ2) is 46.4. The summed E-state index contributed by atoms with van der Waals surface area (Å²) in [4.78, 5) is 0. The van der Waals surface area contributed by atoms with E-state index in [1.54, 1.807) is 0 Å². The molecule has 5 heteroatoms. The number of hydrogen-bond acceptors (Lipinski definition) is 2. The molecule has 0 atom stereocenters. The van der Waals surface area contributed by atoms with Gasteiger partial charge >= 0.3 is 154 Å². The van der Waals surface area contributed by atoms with Gasteiger partial charge in [-0.15, -0.1) is 13.2 Å². The van der Waals surface area contributed by atoms with Crippen LogP contribution in [0.25, 0.3) is 0 Å². The van der Waals surface area contributed by atoms with E-state index in [-0.39, 0.29) is 166 Å². The Bertz CT molecular complexity index is 10.9. The molecule has 0 heterocycles. The molecule has 28 valence electrons. The van der Waals surface area contributed by atoms with Gasteiger partial charge in [-0.3, -0.25) is 0 Å². The Hall–Kier alpha value is 4.57. The average molecular weight is 179 g/mol. The summed E-state index contributed by atoms with van der Waals surface area (Å²) in [7, 11) is 0. The molecule has 0 aromatic rings. The summed E-state index contributed by atoms with van der Waals surface area (Å²) < 4.78 is 0. The van der Waals surface area contributed by atoms with Gasteiger partial charge in [0.2, 0.25) is 0 Å². The van der Waals surface area contributed by atoms with E-state index in [0.29, 0.717) is 0 Å². The van der Waals surface area contributed by atoms with Gasteiger partial charge in [0.25, 0.3) is 0 Å². The van der Waals surface area contributed by atoms with Gasteiger partial charge in [0.15, 0.2) is 0 Å². The number of hydrogen-bond donors (Lipinski definition) is 2. The van der Waals surface area contributed by atoms with E-state index in [4.69, 9.17) is 0 Å². The summed E-state index contributed by atoms with van der Waals surface area (Å²) in [5, 5.41) is 0. The minimum atomic E-state index is 0. The van der Waals surface area contributed by atoms with Crippen LogP contribution < -0.4 is 166 Å². The molecule has 0 fully saturated rings. The maximum atomic E-state index is 3.00. The van der Waals surface area contributed by atoms with Gasteiger partial charge in [-0.1, -0.05) is 0 Å². The van der Waals surface area contributed by atoms with E-state index in [1.807, 2.05) is 0 Å². The third kappa shape index (κ3) is 37.2. The second-order valence-electron chi connectivity index (χ2n) is 0. The van der Waals surface area contributed by atoms with Gasteiger partial charge < -0.3 is 12.3 Å². The Morgan fingerprint density at radius 3 is 0.571 bits per heavy atom. The molecule has 7 heavy (non-hydrogen) atoms. The van der Waals surface area contributed by atoms with Gasteiger partial charge in [-0.05, 0) is 0 Å². The van der Waals surface area contributed by atoms with Gasteiger partial charge in [0, 0.05) is 0 Å². The third-order valence-corrected chi connectivity index (χ3v) is 0. The van der Waals surface area contributed by atoms with Crippen LogP contribution in [0.15, 0.2) is 13.2 Å². The maximum absolute atomic E-state index is 3.00. The van der Waals surface area contributed by atoms with Crippen LogP contribution >= 0.6 is 0 Å². The minimum Gasteiger partial charge on any atom is -0.344 e. The largest absolute Gasteiger partial charge is 1.00 e. The van der Waals surface area contributed by atoms with Gasteiger partial charge in [0.05, 0.1) is 0 Å². The van der Waals surface area contributed by atoms with E-state index in [2.05, 4.69) is 13.2 Å². The van der Waals surface area contributed by atoms with Gasteiger partial charge in [-0.25, -0.2) is 0 Å². The SMILES string of the molecule is C=C.N.N.[K+].[K+].[K+]. The molecule has 0 aromatic carbocycles. The topological polar surface area (TPSA) is 70.0 Å². The van der Waals surface area contributed by atoms with Crippen molar-refractivity contribution in [1.82, 2.24) is 12.3 Å². The number of rotatable bonds is 0. The van der Waals surface area contributed by atoms with E-state index in [0.717, 1.165) is 0 Å². The van der Waals surface area contributed by atoms with Crippen molar-refractivity contribution < 1.29 is 154 Å². The van der Waals surface area contributed by atoms with Crippen molar-refractivity contribution in [3.05, 3.63) is 13.2 Å². The van der Waals surface area contributed by atoms with Crippen LogP contribution in [0.3, 0.4) is 0 Å². The zero-order chi connectivity index (χ0) is 2.00. The first-order valence-electron chi connectivity index (χ1n) is 0.500. The Kier molecular flexibility index (Phi) is 276. The molecule has 0 rings (SSSR count). The first-order valence-corrected chi connectivity index (χ1v) is 0.500. The Labute approximate surface area is 173 Å². The van der Waals surface area contributed by atoms with Crippen molar-refractivity contribution in [3.8, 4) is 0 Å². The van der Waals surface area contributed by atoms with Crippen molar-refractivity contribution in [2.45, 2.75) is 0 Å². The molecule has 2 nitrogen and oxygen atoms in total. The Morgan fingerprint density at radius 1 is 0.571 bits per heavy atom. The summed E-state index contributed by atoms with van der Waals surface area (Å²) in [6.45, 7) is 6.00. The first kappa shape index (κ1) is 41.7. The summed E-state index contributed by atoms with van der Waals surface area (Å²) >= 11 is 0. The molecule has 0 amide bonds. The molecule has 0 unspecified atom stereocenters. The molecule has 6 N–H and O–H groups in total. The van der Waals surface area contributed by atoms with Crippen molar-refractivity contribution in [2.24, 2.45) is 0 Å². The first-order chi connectivity index (χ1) is 1.00. The fourth-order valence-electron chi connectivity index (χ4n) is 0. The van der Waals surface area contributed by atoms with E-state index in [9.17, 15) is 0 Å². The summed E-state index contributed by atoms with van der Waals surface area (Å²) in [6, 6.07) is 0. The normalized spacial score (nSPS) is 0.571.